The second-order valence-electron chi connectivity index (χ2n) is 5.42. The van der Waals surface area contributed by atoms with Crippen molar-refractivity contribution >= 4 is 23.0 Å². The zero-order valence-corrected chi connectivity index (χ0v) is 13.7. The van der Waals surface area contributed by atoms with E-state index in [0.717, 1.165) is 34.9 Å². The second kappa shape index (κ2) is 6.82. The summed E-state index contributed by atoms with van der Waals surface area (Å²) in [5.41, 5.74) is 5.57. The Labute approximate surface area is 132 Å². The van der Waals surface area contributed by atoms with E-state index in [-0.39, 0.29) is 0 Å². The molecule has 0 fully saturated rings. The van der Waals surface area contributed by atoms with Crippen molar-refractivity contribution in [2.45, 2.75) is 27.2 Å². The average Bonchev–Trinajstić information content (AvgIpc) is 2.48. The summed E-state index contributed by atoms with van der Waals surface area (Å²) in [6.07, 6.45) is 1.05. The zero-order valence-electron chi connectivity index (χ0n) is 13.0. The van der Waals surface area contributed by atoms with Crippen molar-refractivity contribution in [2.24, 2.45) is 0 Å². The Morgan fingerprint density at radius 2 is 1.67 bits per heavy atom. The third-order valence-corrected chi connectivity index (χ3v) is 3.88. The summed E-state index contributed by atoms with van der Waals surface area (Å²) in [6, 6.07) is 14.6. The fraction of sp³-hybridized carbons (Fsp3) is 0.263. The first-order chi connectivity index (χ1) is 10.0. The van der Waals surface area contributed by atoms with E-state index >= 15 is 0 Å². The van der Waals surface area contributed by atoms with E-state index in [1.165, 1.54) is 11.1 Å². The Morgan fingerprint density at radius 3 is 2.29 bits per heavy atom. The third kappa shape index (κ3) is 3.68. The van der Waals surface area contributed by atoms with Crippen molar-refractivity contribution in [1.29, 1.82) is 0 Å². The van der Waals surface area contributed by atoms with Crippen LogP contribution < -0.4 is 4.90 Å². The highest BCUT2D eigenvalue weighted by Gasteiger charge is 2.14. The van der Waals surface area contributed by atoms with Crippen molar-refractivity contribution in [2.75, 3.05) is 11.4 Å². The maximum absolute atomic E-state index is 6.36. The predicted molar refractivity (Wildman–Crippen MR) is 94.0 cm³/mol. The zero-order chi connectivity index (χ0) is 15.4. The van der Waals surface area contributed by atoms with Gasteiger partial charge in [-0.1, -0.05) is 54.4 Å². The summed E-state index contributed by atoms with van der Waals surface area (Å²) in [7, 11) is 0. The van der Waals surface area contributed by atoms with Crippen molar-refractivity contribution in [3.8, 4) is 0 Å². The van der Waals surface area contributed by atoms with Crippen LogP contribution in [0.1, 0.15) is 30.0 Å². The molecule has 0 aliphatic heterocycles. The van der Waals surface area contributed by atoms with Crippen LogP contribution in [-0.2, 0) is 0 Å². The minimum Gasteiger partial charge on any atom is -0.341 e. The van der Waals surface area contributed by atoms with E-state index in [1.807, 2.05) is 12.1 Å². The number of benzene rings is 2. The van der Waals surface area contributed by atoms with Gasteiger partial charge in [0.1, 0.15) is 0 Å². The van der Waals surface area contributed by atoms with Crippen LogP contribution in [0.5, 0.6) is 0 Å². The monoisotopic (exact) mass is 299 g/mol. The van der Waals surface area contributed by atoms with Gasteiger partial charge >= 0.3 is 0 Å². The van der Waals surface area contributed by atoms with Gasteiger partial charge in [-0.15, -0.1) is 0 Å². The average molecular weight is 300 g/mol. The van der Waals surface area contributed by atoms with Gasteiger partial charge in [0.2, 0.25) is 0 Å². The Bertz CT molecular complexity index is 629. The van der Waals surface area contributed by atoms with Crippen molar-refractivity contribution in [3.63, 3.8) is 0 Å². The van der Waals surface area contributed by atoms with E-state index in [0.29, 0.717) is 0 Å². The molecule has 0 heterocycles. The molecule has 1 nitrogen and oxygen atoms in total. The minimum absolute atomic E-state index is 0.749. The van der Waals surface area contributed by atoms with Crippen LogP contribution in [0.15, 0.2) is 49.0 Å². The van der Waals surface area contributed by atoms with Crippen LogP contribution >= 0.6 is 11.6 Å². The van der Waals surface area contributed by atoms with Crippen LogP contribution in [0.25, 0.3) is 5.70 Å². The van der Waals surface area contributed by atoms with E-state index < -0.39 is 0 Å². The fourth-order valence-corrected chi connectivity index (χ4v) is 2.60. The number of nitrogens with zero attached hydrogens (tertiary/aromatic N) is 1. The molecular formula is C19H22ClN. The number of anilines is 1. The van der Waals surface area contributed by atoms with Gasteiger partial charge in [-0.05, 0) is 44.5 Å². The smallest absolute Gasteiger partial charge is 0.0499 e. The number of hydrogen-bond donors (Lipinski definition) is 0. The van der Waals surface area contributed by atoms with E-state index in [4.69, 9.17) is 11.6 Å². The Hall–Kier alpha value is -1.73. The van der Waals surface area contributed by atoms with Crippen LogP contribution in [0.2, 0.25) is 5.02 Å². The molecule has 0 aliphatic carbocycles. The summed E-state index contributed by atoms with van der Waals surface area (Å²) >= 11 is 6.36. The fourth-order valence-electron chi connectivity index (χ4n) is 2.37. The molecule has 0 N–H and O–H groups in total. The quantitative estimate of drug-likeness (QED) is 0.670. The van der Waals surface area contributed by atoms with Gasteiger partial charge in [-0.25, -0.2) is 0 Å². The van der Waals surface area contributed by atoms with Gasteiger partial charge in [0.05, 0.1) is 0 Å². The molecule has 2 heteroatoms. The summed E-state index contributed by atoms with van der Waals surface area (Å²) in [6.45, 7) is 11.6. The molecule has 0 atom stereocenters. The number of rotatable bonds is 5. The van der Waals surface area contributed by atoms with Crippen molar-refractivity contribution in [1.82, 2.24) is 0 Å². The maximum atomic E-state index is 6.36. The number of hydrogen-bond acceptors (Lipinski definition) is 1. The van der Waals surface area contributed by atoms with Gasteiger partial charge < -0.3 is 4.90 Å². The highest BCUT2D eigenvalue weighted by molar-refractivity contribution is 6.32. The summed E-state index contributed by atoms with van der Waals surface area (Å²) < 4.78 is 0. The van der Waals surface area contributed by atoms with Crippen LogP contribution in [-0.4, -0.2) is 6.54 Å². The van der Waals surface area contributed by atoms with E-state index in [9.17, 15) is 0 Å². The summed E-state index contributed by atoms with van der Waals surface area (Å²) in [5, 5.41) is 0.749. The lowest BCUT2D eigenvalue weighted by Crippen LogP contribution is -2.22. The molecule has 0 saturated carbocycles. The summed E-state index contributed by atoms with van der Waals surface area (Å²) in [5.74, 6) is 0. The Morgan fingerprint density at radius 1 is 1.05 bits per heavy atom. The van der Waals surface area contributed by atoms with Gasteiger partial charge in [0.15, 0.2) is 0 Å². The lowest BCUT2D eigenvalue weighted by Gasteiger charge is -2.27. The van der Waals surface area contributed by atoms with Crippen molar-refractivity contribution in [3.05, 3.63) is 70.8 Å². The predicted octanol–water partition coefficient (Wildman–Crippen LogP) is 5.84. The van der Waals surface area contributed by atoms with E-state index in [1.54, 1.807) is 0 Å². The molecule has 2 aromatic carbocycles. The molecule has 0 spiro atoms. The minimum atomic E-state index is 0.749. The maximum Gasteiger partial charge on any atom is 0.0499 e. The third-order valence-electron chi connectivity index (χ3n) is 3.55. The van der Waals surface area contributed by atoms with Crippen LogP contribution in [0.3, 0.4) is 0 Å². The van der Waals surface area contributed by atoms with Gasteiger partial charge in [0.25, 0.3) is 0 Å². The molecule has 21 heavy (non-hydrogen) atoms. The first-order valence-corrected chi connectivity index (χ1v) is 7.70. The lowest BCUT2D eigenvalue weighted by atomic mass is 10.1. The Balaban J connectivity index is 2.39. The van der Waals surface area contributed by atoms with Gasteiger partial charge in [0, 0.05) is 28.5 Å². The Kier molecular flexibility index (Phi) is 5.08. The first-order valence-electron chi connectivity index (χ1n) is 7.32. The first kappa shape index (κ1) is 15.7. The van der Waals surface area contributed by atoms with E-state index in [2.05, 4.69) is 62.6 Å². The van der Waals surface area contributed by atoms with Gasteiger partial charge in [-0.2, -0.15) is 0 Å². The van der Waals surface area contributed by atoms with Gasteiger partial charge in [-0.3, -0.25) is 0 Å². The standard InChI is InChI=1S/C19H22ClN/c1-5-12-21(17-9-6-14(2)7-10-17)16(4)18-13-15(3)8-11-19(18)20/h6-11,13H,4-5,12H2,1-3H3. The highest BCUT2D eigenvalue weighted by atomic mass is 35.5. The summed E-state index contributed by atoms with van der Waals surface area (Å²) in [4.78, 5) is 2.24. The molecular weight excluding hydrogens is 278 g/mol. The van der Waals surface area contributed by atoms with Crippen LogP contribution in [0, 0.1) is 13.8 Å². The molecule has 0 aliphatic rings. The molecule has 110 valence electrons. The molecule has 2 aromatic rings. The number of aryl methyl sites for hydroxylation is 2. The molecule has 0 unspecified atom stereocenters. The SMILES string of the molecule is C=C(c1cc(C)ccc1Cl)N(CCC)c1ccc(C)cc1. The molecule has 0 saturated heterocycles. The molecule has 0 bridgehead atoms. The molecule has 0 aromatic heterocycles. The molecule has 0 radical (unpaired) electrons. The highest BCUT2D eigenvalue weighted by Crippen LogP contribution is 2.30. The molecule has 2 rings (SSSR count). The lowest BCUT2D eigenvalue weighted by molar-refractivity contribution is 0.891. The normalized spacial score (nSPS) is 10.5. The molecule has 0 amide bonds. The topological polar surface area (TPSA) is 3.24 Å². The van der Waals surface area contributed by atoms with Crippen molar-refractivity contribution < 1.29 is 0 Å². The second-order valence-corrected chi connectivity index (χ2v) is 5.82. The number of halogens is 1. The largest absolute Gasteiger partial charge is 0.341 e. The van der Waals surface area contributed by atoms with Crippen LogP contribution in [0.4, 0.5) is 5.69 Å².